The highest BCUT2D eigenvalue weighted by atomic mass is 32.2. The van der Waals surface area contributed by atoms with Gasteiger partial charge in [-0.05, 0) is 73.9 Å². The summed E-state index contributed by atoms with van der Waals surface area (Å²) >= 11 is 0. The van der Waals surface area contributed by atoms with Crippen LogP contribution in [-0.4, -0.2) is 103 Å². The molecule has 4 aliphatic heterocycles. The van der Waals surface area contributed by atoms with E-state index in [1.165, 1.54) is 23.8 Å². The summed E-state index contributed by atoms with van der Waals surface area (Å²) in [6.07, 6.45) is 6.97. The van der Waals surface area contributed by atoms with Crippen molar-refractivity contribution in [3.8, 4) is 23.1 Å². The Hall–Kier alpha value is -3.53. The smallest absolute Gasteiger partial charge is 0.240 e. The van der Waals surface area contributed by atoms with Gasteiger partial charge in [-0.25, -0.2) is 8.42 Å². The normalized spacial score (nSPS) is 19.6. The summed E-state index contributed by atoms with van der Waals surface area (Å²) in [6.45, 7) is 14.5. The van der Waals surface area contributed by atoms with Crippen LogP contribution < -0.4 is 5.32 Å². The summed E-state index contributed by atoms with van der Waals surface area (Å²) in [5.41, 5.74) is 9.23. The minimum absolute atomic E-state index is 0.184. The van der Waals surface area contributed by atoms with E-state index in [0.29, 0.717) is 32.5 Å². The number of aryl methyl sites for hydroxylation is 2. The number of hydrogen-bond donors (Lipinski definition) is 1. The lowest BCUT2D eigenvalue weighted by Crippen LogP contribution is -2.50. The van der Waals surface area contributed by atoms with Gasteiger partial charge in [0.2, 0.25) is 15.9 Å². The number of likely N-dealkylation sites (tertiary alicyclic amines) is 1. The zero-order chi connectivity index (χ0) is 36.0. The standard InChI is InChI=1S/C38H48N6O4S.C2H6/c1-28-7-10-31(37-34-27-43(49(2,46)47)18-13-36(34)44(40-37)17-6-14-41-19-21-48-22-20-41)24-30(28)11-8-29-9-12-32-26-39-35(25-33(32)23-29)38(45)42-15-4-3-5-16-42;1-2/h7,9-10,12,23-24,35,39H,3-6,13-22,25-27H2,1-2H3;1-2H3. The molecule has 2 saturated heterocycles. The zero-order valence-electron chi connectivity index (χ0n) is 30.8. The van der Waals surface area contributed by atoms with Crippen LogP contribution in [0, 0.1) is 18.8 Å². The summed E-state index contributed by atoms with van der Waals surface area (Å²) in [4.78, 5) is 17.7. The number of carbonyl (C=O) groups excluding carboxylic acids is 1. The number of nitrogens with zero attached hydrogens (tertiary/aromatic N) is 5. The quantitative estimate of drug-likeness (QED) is 0.364. The van der Waals surface area contributed by atoms with Crippen LogP contribution in [0.4, 0.5) is 0 Å². The third-order valence-corrected chi connectivity index (χ3v) is 11.8. The number of carbonyl (C=O) groups is 1. The van der Waals surface area contributed by atoms with Gasteiger partial charge in [-0.3, -0.25) is 14.4 Å². The van der Waals surface area contributed by atoms with Crippen molar-refractivity contribution in [2.45, 2.75) is 85.0 Å². The molecule has 1 N–H and O–H groups in total. The molecule has 2 aromatic carbocycles. The van der Waals surface area contributed by atoms with Crippen LogP contribution >= 0.6 is 0 Å². The SMILES string of the molecule is CC.Cc1ccc(-c2nn(CCCN3CCOCC3)c3c2CN(S(C)(=O)=O)CC3)cc1C#Cc1ccc2c(c1)CC(C(=O)N1CCCCC1)NC2. The number of sulfonamides is 1. The van der Waals surface area contributed by atoms with E-state index in [0.717, 1.165) is 111 Å². The summed E-state index contributed by atoms with van der Waals surface area (Å²) < 4.78 is 34.3. The van der Waals surface area contributed by atoms with Gasteiger partial charge in [-0.15, -0.1) is 0 Å². The van der Waals surface area contributed by atoms with Gasteiger partial charge in [-0.1, -0.05) is 43.9 Å². The largest absolute Gasteiger partial charge is 0.379 e. The Morgan fingerprint density at radius 1 is 0.961 bits per heavy atom. The van der Waals surface area contributed by atoms with E-state index in [4.69, 9.17) is 9.84 Å². The van der Waals surface area contributed by atoms with Crippen molar-refractivity contribution in [2.24, 2.45) is 0 Å². The predicted octanol–water partition coefficient (Wildman–Crippen LogP) is 4.35. The molecule has 0 radical (unpaired) electrons. The first-order chi connectivity index (χ1) is 24.7. The highest BCUT2D eigenvalue weighted by Crippen LogP contribution is 2.32. The average molecular weight is 715 g/mol. The molecule has 7 rings (SSSR count). The summed E-state index contributed by atoms with van der Waals surface area (Å²) in [7, 11) is -3.33. The van der Waals surface area contributed by atoms with Gasteiger partial charge in [0, 0.05) is 93.3 Å². The highest BCUT2D eigenvalue weighted by molar-refractivity contribution is 7.88. The van der Waals surface area contributed by atoms with Crippen LogP contribution in [0.15, 0.2) is 36.4 Å². The van der Waals surface area contributed by atoms with Crippen LogP contribution in [0.3, 0.4) is 0 Å². The molecular formula is C40H54N6O4S. The van der Waals surface area contributed by atoms with E-state index >= 15 is 0 Å². The van der Waals surface area contributed by atoms with Crippen LogP contribution in [-0.2, 0) is 52.0 Å². The maximum atomic E-state index is 13.2. The Morgan fingerprint density at radius 3 is 2.51 bits per heavy atom. The van der Waals surface area contributed by atoms with Crippen molar-refractivity contribution in [2.75, 3.05) is 58.7 Å². The highest BCUT2D eigenvalue weighted by Gasteiger charge is 2.31. The number of aromatic nitrogens is 2. The second-order valence-corrected chi connectivity index (χ2v) is 15.9. The van der Waals surface area contributed by atoms with Crippen LogP contribution in [0.5, 0.6) is 0 Å². The first-order valence-electron chi connectivity index (χ1n) is 18.8. The van der Waals surface area contributed by atoms with Crippen molar-refractivity contribution in [3.05, 3.63) is 75.5 Å². The van der Waals surface area contributed by atoms with E-state index in [9.17, 15) is 13.2 Å². The molecule has 5 heterocycles. The molecule has 1 atom stereocenters. The summed E-state index contributed by atoms with van der Waals surface area (Å²) in [5, 5.41) is 8.58. The average Bonchev–Trinajstić information content (AvgIpc) is 3.53. The maximum absolute atomic E-state index is 13.2. The Kier molecular flexibility index (Phi) is 12.3. The molecule has 2 fully saturated rings. The number of rotatable bonds is 7. The minimum Gasteiger partial charge on any atom is -0.379 e. The van der Waals surface area contributed by atoms with Crippen LogP contribution in [0.25, 0.3) is 11.3 Å². The monoisotopic (exact) mass is 714 g/mol. The van der Waals surface area contributed by atoms with Crippen molar-refractivity contribution < 1.29 is 17.9 Å². The van der Waals surface area contributed by atoms with Crippen LogP contribution in [0.1, 0.15) is 78.6 Å². The number of piperidine rings is 1. The van der Waals surface area contributed by atoms with E-state index in [1.807, 2.05) is 18.7 Å². The molecule has 1 amide bonds. The van der Waals surface area contributed by atoms with Crippen molar-refractivity contribution in [1.82, 2.24) is 29.2 Å². The van der Waals surface area contributed by atoms with E-state index in [-0.39, 0.29) is 11.9 Å². The van der Waals surface area contributed by atoms with Crippen molar-refractivity contribution in [1.29, 1.82) is 0 Å². The third-order valence-electron chi connectivity index (χ3n) is 10.5. The van der Waals surface area contributed by atoms with E-state index in [2.05, 4.69) is 70.1 Å². The number of benzene rings is 2. The molecule has 3 aromatic rings. The number of hydrogen-bond acceptors (Lipinski definition) is 7. The predicted molar refractivity (Wildman–Crippen MR) is 202 cm³/mol. The molecule has 1 aromatic heterocycles. The molecule has 0 aliphatic carbocycles. The Bertz CT molecular complexity index is 1860. The van der Waals surface area contributed by atoms with Crippen LogP contribution in [0.2, 0.25) is 0 Å². The summed E-state index contributed by atoms with van der Waals surface area (Å²) in [5.74, 6) is 7.04. The molecule has 1 unspecified atom stereocenters. The molecule has 10 nitrogen and oxygen atoms in total. The number of morpholine rings is 1. The molecule has 51 heavy (non-hydrogen) atoms. The fraction of sp³-hybridized carbons (Fsp3) is 0.550. The Labute approximate surface area is 304 Å². The van der Waals surface area contributed by atoms with Gasteiger partial charge in [0.05, 0.1) is 31.2 Å². The fourth-order valence-corrected chi connectivity index (χ4v) is 8.37. The van der Waals surface area contributed by atoms with Gasteiger partial charge in [0.1, 0.15) is 0 Å². The van der Waals surface area contributed by atoms with Gasteiger partial charge in [0.25, 0.3) is 0 Å². The summed E-state index contributed by atoms with van der Waals surface area (Å²) in [6, 6.07) is 12.4. The zero-order valence-corrected chi connectivity index (χ0v) is 31.7. The van der Waals surface area contributed by atoms with Crippen molar-refractivity contribution >= 4 is 15.9 Å². The molecule has 0 spiro atoms. The molecule has 0 saturated carbocycles. The third kappa shape index (κ3) is 8.93. The lowest BCUT2D eigenvalue weighted by Gasteiger charge is -2.33. The number of fused-ring (bicyclic) bond motifs is 2. The number of nitrogens with one attached hydrogen (secondary N) is 1. The van der Waals surface area contributed by atoms with Gasteiger partial charge in [0.15, 0.2) is 0 Å². The molecule has 11 heteroatoms. The first-order valence-corrected chi connectivity index (χ1v) is 20.7. The fourth-order valence-electron chi connectivity index (χ4n) is 7.58. The number of ether oxygens (including phenoxy) is 1. The lowest BCUT2D eigenvalue weighted by atomic mass is 9.93. The molecule has 4 aliphatic rings. The Balaban J connectivity index is 0.00000220. The van der Waals surface area contributed by atoms with Gasteiger partial charge >= 0.3 is 0 Å². The second-order valence-electron chi connectivity index (χ2n) is 13.9. The second kappa shape index (κ2) is 16.9. The van der Waals surface area contributed by atoms with Crippen molar-refractivity contribution in [3.63, 3.8) is 0 Å². The first kappa shape index (κ1) is 37.2. The number of amides is 1. The van der Waals surface area contributed by atoms with Gasteiger partial charge in [-0.2, -0.15) is 9.40 Å². The van der Waals surface area contributed by atoms with E-state index in [1.54, 1.807) is 4.31 Å². The topological polar surface area (TPSA) is 100 Å². The molecule has 0 bridgehead atoms. The minimum atomic E-state index is -3.33. The molecule has 274 valence electrons. The maximum Gasteiger partial charge on any atom is 0.240 e. The molecular weight excluding hydrogens is 661 g/mol. The van der Waals surface area contributed by atoms with Gasteiger partial charge < -0.3 is 15.0 Å². The Morgan fingerprint density at radius 2 is 1.75 bits per heavy atom. The lowest BCUT2D eigenvalue weighted by molar-refractivity contribution is -0.134. The van der Waals surface area contributed by atoms with E-state index < -0.39 is 10.0 Å².